The normalized spacial score (nSPS) is 10.0. The molecule has 0 rings (SSSR count). The molecule has 0 bridgehead atoms. The Morgan fingerprint density at radius 1 is 1.62 bits per heavy atom. The molecule has 2 nitrogen and oxygen atoms in total. The van der Waals surface area contributed by atoms with Crippen molar-refractivity contribution >= 4 is 5.91 Å². The van der Waals surface area contributed by atoms with Crippen molar-refractivity contribution in [3.05, 3.63) is 0 Å². The van der Waals surface area contributed by atoms with Crippen molar-refractivity contribution in [1.29, 1.82) is 0 Å². The van der Waals surface area contributed by atoms with E-state index in [9.17, 15) is 4.79 Å². The van der Waals surface area contributed by atoms with E-state index in [2.05, 4.69) is 17.4 Å². The van der Waals surface area contributed by atoms with Gasteiger partial charge in [-0.3, -0.25) is 0 Å². The summed E-state index contributed by atoms with van der Waals surface area (Å²) in [6.45, 7) is 5.79. The molecule has 0 atom stereocenters. The first-order chi connectivity index (χ1) is 3.63. The Morgan fingerprint density at radius 3 is 2.25 bits per heavy atom. The summed E-state index contributed by atoms with van der Waals surface area (Å²) in [4.78, 5) is 10.3. The van der Waals surface area contributed by atoms with Gasteiger partial charge in [0, 0.05) is 0 Å². The second-order valence-electron chi connectivity index (χ2n) is 1.77. The van der Waals surface area contributed by atoms with Crippen molar-refractivity contribution in [2.45, 2.75) is 24.7 Å². The molecule has 0 saturated heterocycles. The zero-order valence-electron chi connectivity index (χ0n) is 5.36. The summed E-state index contributed by atoms with van der Waals surface area (Å²) in [5.74, 6) is 0.103. The van der Waals surface area contributed by atoms with Crippen LogP contribution in [-0.4, -0.2) is 9.83 Å². The minimum absolute atomic E-state index is 0.0746. The van der Waals surface area contributed by atoms with E-state index in [0.717, 1.165) is 0 Å². The number of hydrogen-bond acceptors (Lipinski definition) is 1. The van der Waals surface area contributed by atoms with E-state index in [-0.39, 0.29) is 27.4 Å². The van der Waals surface area contributed by atoms with Gasteiger partial charge in [0.25, 0.3) is 0 Å². The Kier molecular flexibility index (Phi) is 4.22. The summed E-state index contributed by atoms with van der Waals surface area (Å²) in [5, 5.41) is 0. The van der Waals surface area contributed by atoms with E-state index in [1.165, 1.54) is 0 Å². The molecule has 0 fully saturated rings. The number of rotatable bonds is 2. The number of hydrogen-bond donors (Lipinski definition) is 1. The topological polar surface area (TPSA) is 29.1 Å². The van der Waals surface area contributed by atoms with Gasteiger partial charge in [0.2, 0.25) is 0 Å². The zero-order valence-corrected chi connectivity index (χ0v) is 7.52. The molecule has 0 aliphatic rings. The summed E-state index contributed by atoms with van der Waals surface area (Å²) in [6, 6.07) is 0. The minimum atomic E-state index is -0.0746. The molecular weight excluding hydrogens is 217 g/mol. The fourth-order valence-corrected chi connectivity index (χ4v) is 1.25. The number of nitrogens with one attached hydrogen (secondary N) is 1. The fraction of sp³-hybridized carbons (Fsp3) is 0.800. The van der Waals surface area contributed by atoms with Gasteiger partial charge in [0.05, 0.1) is 0 Å². The van der Waals surface area contributed by atoms with Gasteiger partial charge in [-0.2, -0.15) is 0 Å². The van der Waals surface area contributed by atoms with E-state index in [0.29, 0.717) is 3.92 Å². The molecule has 0 aromatic rings. The SMILES string of the molecule is CC(=O)N[I-]C(C)C. The van der Waals surface area contributed by atoms with Crippen LogP contribution in [-0.2, 0) is 4.79 Å². The van der Waals surface area contributed by atoms with Crippen molar-refractivity contribution in [3.63, 3.8) is 0 Å². The van der Waals surface area contributed by atoms with E-state index in [1.807, 2.05) is 0 Å². The Labute approximate surface area is 60.7 Å². The van der Waals surface area contributed by atoms with E-state index >= 15 is 0 Å². The molecule has 0 heterocycles. The Bertz CT molecular complexity index is 82.5. The van der Waals surface area contributed by atoms with Crippen LogP contribution in [0, 0.1) is 0 Å². The maximum absolute atomic E-state index is 10.3. The number of amides is 1. The molecule has 1 amide bonds. The third-order valence-electron chi connectivity index (χ3n) is 0.406. The second kappa shape index (κ2) is 4.12. The molecule has 0 saturated carbocycles. The zero-order chi connectivity index (χ0) is 6.57. The van der Waals surface area contributed by atoms with Crippen molar-refractivity contribution in [3.8, 4) is 0 Å². The summed E-state index contributed by atoms with van der Waals surface area (Å²) in [5.41, 5.74) is 0. The molecule has 0 spiro atoms. The average molecular weight is 228 g/mol. The van der Waals surface area contributed by atoms with Gasteiger partial charge in [0.15, 0.2) is 0 Å². The molecule has 0 radical (unpaired) electrons. The molecular formula is C5H11INO-. The van der Waals surface area contributed by atoms with Crippen LogP contribution in [0.1, 0.15) is 20.8 Å². The van der Waals surface area contributed by atoms with Crippen LogP contribution in [0.2, 0.25) is 0 Å². The first-order valence-electron chi connectivity index (χ1n) is 2.52. The van der Waals surface area contributed by atoms with Crippen LogP contribution < -0.4 is 25.0 Å². The number of carbonyl (C=O) groups is 1. The number of halogens is 1. The fourth-order valence-electron chi connectivity index (χ4n) is 0.186. The molecule has 0 aromatic carbocycles. The average Bonchev–Trinajstić information content (AvgIpc) is 1.61. The molecule has 1 N–H and O–H groups in total. The van der Waals surface area contributed by atoms with Crippen molar-refractivity contribution in [2.75, 3.05) is 0 Å². The summed E-state index contributed by atoms with van der Waals surface area (Å²) < 4.78 is 3.48. The Hall–Kier alpha value is 0.200. The molecule has 3 heteroatoms. The van der Waals surface area contributed by atoms with E-state index in [1.54, 1.807) is 6.92 Å². The quantitative estimate of drug-likeness (QED) is 0.317. The van der Waals surface area contributed by atoms with Gasteiger partial charge >= 0.3 is 60.4 Å². The number of alkyl halides is 1. The Morgan fingerprint density at radius 2 is 2.12 bits per heavy atom. The third-order valence-corrected chi connectivity index (χ3v) is 2.72. The summed E-state index contributed by atoms with van der Waals surface area (Å²) in [7, 11) is 0. The predicted octanol–water partition coefficient (Wildman–Crippen LogP) is -2.47. The Balaban J connectivity index is 3.05. The van der Waals surface area contributed by atoms with Gasteiger partial charge in [-0.05, 0) is 0 Å². The summed E-state index contributed by atoms with van der Waals surface area (Å²) >= 11 is -0.0746. The standard InChI is InChI=1S/C5H11INO/c1-4(2)6-7-5(3)8/h4H,1-3H3,(H,7,8)/q-1. The monoisotopic (exact) mass is 228 g/mol. The molecule has 0 aromatic heterocycles. The van der Waals surface area contributed by atoms with Crippen LogP contribution in [0.15, 0.2) is 0 Å². The van der Waals surface area contributed by atoms with Crippen molar-refractivity contribution < 1.29 is 26.3 Å². The predicted molar refractivity (Wildman–Crippen MR) is 29.0 cm³/mol. The van der Waals surface area contributed by atoms with Crippen LogP contribution in [0.4, 0.5) is 0 Å². The van der Waals surface area contributed by atoms with Gasteiger partial charge in [0.1, 0.15) is 0 Å². The first kappa shape index (κ1) is 8.20. The van der Waals surface area contributed by atoms with Gasteiger partial charge in [-0.15, -0.1) is 0 Å². The summed E-state index contributed by atoms with van der Waals surface area (Å²) in [6.07, 6.45) is 0. The maximum atomic E-state index is 10.3. The third kappa shape index (κ3) is 6.20. The van der Waals surface area contributed by atoms with Gasteiger partial charge in [-0.25, -0.2) is 0 Å². The molecule has 0 aliphatic heterocycles. The van der Waals surface area contributed by atoms with Crippen LogP contribution in [0.3, 0.4) is 0 Å². The van der Waals surface area contributed by atoms with Crippen LogP contribution >= 0.6 is 0 Å². The molecule has 0 unspecified atom stereocenters. The molecule has 50 valence electrons. The van der Waals surface area contributed by atoms with Gasteiger partial charge < -0.3 is 0 Å². The number of carbonyl (C=O) groups excluding carboxylic acids is 1. The van der Waals surface area contributed by atoms with Crippen molar-refractivity contribution in [1.82, 2.24) is 3.53 Å². The van der Waals surface area contributed by atoms with E-state index in [4.69, 9.17) is 0 Å². The van der Waals surface area contributed by atoms with E-state index < -0.39 is 0 Å². The van der Waals surface area contributed by atoms with Crippen LogP contribution in [0.5, 0.6) is 0 Å². The first-order valence-corrected chi connectivity index (χ1v) is 4.84. The molecule has 8 heavy (non-hydrogen) atoms. The van der Waals surface area contributed by atoms with Crippen LogP contribution in [0.25, 0.3) is 0 Å². The second-order valence-corrected chi connectivity index (χ2v) is 5.43. The molecule has 0 aliphatic carbocycles. The van der Waals surface area contributed by atoms with Crippen molar-refractivity contribution in [2.24, 2.45) is 0 Å². The van der Waals surface area contributed by atoms with Gasteiger partial charge in [-0.1, -0.05) is 0 Å².